The van der Waals surface area contributed by atoms with E-state index in [1.165, 1.54) is 18.1 Å². The van der Waals surface area contributed by atoms with E-state index in [0.29, 0.717) is 28.3 Å². The summed E-state index contributed by atoms with van der Waals surface area (Å²) in [6.07, 6.45) is -5.84. The van der Waals surface area contributed by atoms with E-state index in [1.807, 2.05) is 0 Å². The maximum atomic E-state index is 13.1. The molecule has 0 radical (unpaired) electrons. The molecule has 0 saturated heterocycles. The number of hydrogen-bond donors (Lipinski definition) is 6. The van der Waals surface area contributed by atoms with Crippen LogP contribution in [0.1, 0.15) is 40.3 Å². The molecule has 3 aromatic carbocycles. The molecule has 0 spiro atoms. The Balaban J connectivity index is 0.000000838. The van der Waals surface area contributed by atoms with E-state index < -0.39 is 35.9 Å². The van der Waals surface area contributed by atoms with Gasteiger partial charge in [-0.3, -0.25) is 20.0 Å². The van der Waals surface area contributed by atoms with Crippen molar-refractivity contribution in [2.24, 2.45) is 11.5 Å². The minimum absolute atomic E-state index is 0.0726. The van der Waals surface area contributed by atoms with Crippen LogP contribution >= 0.6 is 0 Å². The summed E-state index contributed by atoms with van der Waals surface area (Å²) in [5.41, 5.74) is 12.7. The summed E-state index contributed by atoms with van der Waals surface area (Å²) >= 11 is 0. The van der Waals surface area contributed by atoms with Gasteiger partial charge in [0.1, 0.15) is 11.9 Å². The van der Waals surface area contributed by atoms with E-state index in [0.717, 1.165) is 4.68 Å². The number of aliphatic carboxylic acids is 1. The summed E-state index contributed by atoms with van der Waals surface area (Å²) in [5, 5.41) is 22.6. The molecule has 2 amide bonds. The Morgan fingerprint density at radius 1 is 1.04 bits per heavy atom. The van der Waals surface area contributed by atoms with Crippen LogP contribution in [0.15, 0.2) is 71.5 Å². The summed E-state index contributed by atoms with van der Waals surface area (Å²) in [7, 11) is 4.76. The lowest BCUT2D eigenvalue weighted by Crippen LogP contribution is -2.35. The van der Waals surface area contributed by atoms with Crippen molar-refractivity contribution in [2.45, 2.75) is 25.2 Å². The van der Waals surface area contributed by atoms with E-state index in [-0.39, 0.29) is 28.8 Å². The topological polar surface area (TPSA) is 232 Å². The van der Waals surface area contributed by atoms with Gasteiger partial charge in [-0.25, -0.2) is 9.59 Å². The largest absolute Gasteiger partial charge is 0.493 e. The number of hydrogen-bond acceptors (Lipinski definition) is 9. The number of carboxylic acid groups (broad SMARTS) is 1. The molecule has 18 heteroatoms. The molecular formula is C31H33F3N8O7. The predicted octanol–water partition coefficient (Wildman–Crippen LogP) is 2.64. The van der Waals surface area contributed by atoms with Crippen LogP contribution in [-0.4, -0.2) is 81.9 Å². The van der Waals surface area contributed by atoms with Crippen molar-refractivity contribution in [1.82, 2.24) is 19.7 Å². The monoisotopic (exact) mass is 686 g/mol. The summed E-state index contributed by atoms with van der Waals surface area (Å²) in [6.45, 7) is 1.64. The Bertz CT molecular complexity index is 1890. The third-order valence-electron chi connectivity index (χ3n) is 6.67. The molecule has 49 heavy (non-hydrogen) atoms. The zero-order valence-electron chi connectivity index (χ0n) is 26.5. The van der Waals surface area contributed by atoms with Crippen LogP contribution in [0.5, 0.6) is 11.5 Å². The van der Waals surface area contributed by atoms with Gasteiger partial charge in [0.25, 0.3) is 11.8 Å². The number of ether oxygens (including phenoxy) is 2. The van der Waals surface area contributed by atoms with E-state index in [9.17, 15) is 27.6 Å². The number of nitrogens with zero attached hydrogens (tertiary/aromatic N) is 3. The van der Waals surface area contributed by atoms with Gasteiger partial charge in [-0.2, -0.15) is 17.9 Å². The molecule has 15 nitrogen and oxygen atoms in total. The Hall–Kier alpha value is -6.33. The molecule has 0 aliphatic heterocycles. The van der Waals surface area contributed by atoms with E-state index in [4.69, 9.17) is 36.3 Å². The smallest absolute Gasteiger partial charge is 0.490 e. The minimum Gasteiger partial charge on any atom is -0.493 e. The second-order valence-electron chi connectivity index (χ2n) is 10.4. The molecule has 0 aliphatic rings. The second-order valence-corrected chi connectivity index (χ2v) is 10.4. The SMILES string of the molecule is COc1cc(C(Nc2ccc(C(=N)N)cc2)c2nn(-c3ccccc3C(N)=O)c(=O)[nH]2)ccc1OC(C)C(=O)N(C)C.O=C(O)C(F)(F)F. The molecule has 4 aromatic rings. The number of alkyl halides is 3. The summed E-state index contributed by atoms with van der Waals surface area (Å²) in [5.74, 6) is -2.82. The normalized spacial score (nSPS) is 12.1. The van der Waals surface area contributed by atoms with Crippen molar-refractivity contribution < 1.29 is 42.1 Å². The maximum absolute atomic E-state index is 13.1. The van der Waals surface area contributed by atoms with Crippen molar-refractivity contribution in [3.8, 4) is 17.2 Å². The quantitative estimate of drug-likeness (QED) is 0.0997. The number of nitrogens with two attached hydrogens (primary N) is 2. The molecule has 0 bridgehead atoms. The van der Waals surface area contributed by atoms with E-state index in [1.54, 1.807) is 81.7 Å². The van der Waals surface area contributed by atoms with Gasteiger partial charge in [-0.15, -0.1) is 5.10 Å². The molecule has 8 N–H and O–H groups in total. The molecule has 1 aromatic heterocycles. The number of amidine groups is 1. The number of anilines is 1. The molecule has 1 heterocycles. The average Bonchev–Trinajstić information content (AvgIpc) is 3.44. The number of carboxylic acids is 1. The number of carbonyl (C=O) groups is 3. The summed E-state index contributed by atoms with van der Waals surface area (Å²) < 4.78 is 44.3. The zero-order chi connectivity index (χ0) is 36.6. The number of methoxy groups -OCH3 is 1. The highest BCUT2D eigenvalue weighted by molar-refractivity contribution is 5.96. The molecule has 0 fully saturated rings. The highest BCUT2D eigenvalue weighted by atomic mass is 19.4. The van der Waals surface area contributed by atoms with Crippen LogP contribution in [0.25, 0.3) is 5.69 Å². The average molecular weight is 687 g/mol. The fraction of sp³-hybridized carbons (Fsp3) is 0.226. The van der Waals surface area contributed by atoms with Gasteiger partial charge in [0, 0.05) is 25.3 Å². The van der Waals surface area contributed by atoms with Gasteiger partial charge in [0.2, 0.25) is 0 Å². The van der Waals surface area contributed by atoms with Crippen molar-refractivity contribution >= 4 is 29.3 Å². The highest BCUT2D eigenvalue weighted by Gasteiger charge is 2.38. The molecule has 2 unspecified atom stereocenters. The number of rotatable bonds is 11. The number of nitrogens with one attached hydrogen (secondary N) is 3. The van der Waals surface area contributed by atoms with Crippen LogP contribution in [0.4, 0.5) is 18.9 Å². The lowest BCUT2D eigenvalue weighted by molar-refractivity contribution is -0.192. The first-order valence-corrected chi connectivity index (χ1v) is 14.1. The Labute approximate surface area is 276 Å². The predicted molar refractivity (Wildman–Crippen MR) is 171 cm³/mol. The molecule has 2 atom stereocenters. The fourth-order valence-corrected chi connectivity index (χ4v) is 4.29. The number of benzene rings is 3. The van der Waals surface area contributed by atoms with Gasteiger partial charge in [-0.1, -0.05) is 18.2 Å². The van der Waals surface area contributed by atoms with E-state index in [2.05, 4.69) is 15.4 Å². The highest BCUT2D eigenvalue weighted by Crippen LogP contribution is 2.34. The van der Waals surface area contributed by atoms with Gasteiger partial charge in [-0.05, 0) is 61.0 Å². The number of halogens is 3. The van der Waals surface area contributed by atoms with Gasteiger partial charge >= 0.3 is 17.8 Å². The van der Waals surface area contributed by atoms with Crippen LogP contribution in [0.3, 0.4) is 0 Å². The fourth-order valence-electron chi connectivity index (χ4n) is 4.29. The van der Waals surface area contributed by atoms with Crippen molar-refractivity contribution in [2.75, 3.05) is 26.5 Å². The minimum atomic E-state index is -5.08. The summed E-state index contributed by atoms with van der Waals surface area (Å²) in [4.78, 5) is 50.6. The Morgan fingerprint density at radius 3 is 2.18 bits per heavy atom. The molecule has 0 aliphatic carbocycles. The van der Waals surface area contributed by atoms with Crippen molar-refractivity contribution in [1.29, 1.82) is 5.41 Å². The number of para-hydroxylation sites is 1. The lowest BCUT2D eigenvalue weighted by atomic mass is 10.0. The number of aromatic amines is 1. The second kappa shape index (κ2) is 15.5. The number of likely N-dealkylation sites (N-methyl/N-ethyl adjacent to an activating group) is 1. The first kappa shape index (κ1) is 37.1. The molecule has 0 saturated carbocycles. The molecule has 260 valence electrons. The standard InChI is InChI=1S/C29H32N8O5.C2HF3O2/c1-16(28(39)36(2)3)42-22-14-11-18(15-23(22)41-4)24(33-19-12-9-17(10-13-19)25(30)31)27-34-29(40)37(35-27)21-8-6-5-7-20(21)26(32)38;3-2(4,5)1(6)7/h5-16,24,33H,1-4H3,(H3,30,31)(H2,32,38)(H,34,35,40);(H,6,7). The first-order chi connectivity index (χ1) is 22.9. The van der Waals surface area contributed by atoms with Crippen molar-refractivity contribution in [3.63, 3.8) is 0 Å². The van der Waals surface area contributed by atoms with Gasteiger partial charge < -0.3 is 36.3 Å². The number of carbonyl (C=O) groups excluding carboxylic acids is 2. The van der Waals surface area contributed by atoms with Gasteiger partial charge in [0.15, 0.2) is 23.4 Å². The van der Waals surface area contributed by atoms with Crippen LogP contribution in [-0.2, 0) is 9.59 Å². The van der Waals surface area contributed by atoms with Crippen LogP contribution in [0.2, 0.25) is 0 Å². The number of aromatic nitrogens is 3. The summed E-state index contributed by atoms with van der Waals surface area (Å²) in [6, 6.07) is 17.6. The Morgan fingerprint density at radius 2 is 1.65 bits per heavy atom. The third kappa shape index (κ3) is 9.37. The lowest BCUT2D eigenvalue weighted by Gasteiger charge is -2.22. The number of H-pyrrole nitrogens is 1. The Kier molecular flexibility index (Phi) is 11.8. The van der Waals surface area contributed by atoms with Crippen LogP contribution < -0.4 is 31.9 Å². The van der Waals surface area contributed by atoms with Crippen LogP contribution in [0, 0.1) is 5.41 Å². The number of amides is 2. The zero-order valence-corrected chi connectivity index (χ0v) is 26.5. The third-order valence-corrected chi connectivity index (χ3v) is 6.67. The van der Waals surface area contributed by atoms with E-state index >= 15 is 0 Å². The molecule has 4 rings (SSSR count). The number of nitrogen functional groups attached to an aromatic ring is 1. The maximum Gasteiger partial charge on any atom is 0.490 e. The molecular weight excluding hydrogens is 653 g/mol. The van der Waals surface area contributed by atoms with Crippen molar-refractivity contribution in [3.05, 3.63) is 99.7 Å². The first-order valence-electron chi connectivity index (χ1n) is 14.1. The number of primary amides is 1. The van der Waals surface area contributed by atoms with Gasteiger partial charge in [0.05, 0.1) is 18.4 Å².